The van der Waals surface area contributed by atoms with Crippen LogP contribution in [0.25, 0.3) is 0 Å². The second kappa shape index (κ2) is 6.74. The Kier molecular flexibility index (Phi) is 4.97. The number of amides is 1. The minimum absolute atomic E-state index is 0.225. The molecule has 1 aromatic rings. The molecule has 0 spiro atoms. The number of carbonyl (C=O) groups is 2. The smallest absolute Gasteiger partial charge is 0.326 e. The van der Waals surface area contributed by atoms with Gasteiger partial charge >= 0.3 is 5.97 Å². The van der Waals surface area contributed by atoms with Crippen LogP contribution in [0.2, 0.25) is 0 Å². The van der Waals surface area contributed by atoms with Crippen molar-refractivity contribution in [2.24, 2.45) is 0 Å². The van der Waals surface area contributed by atoms with Crippen LogP contribution in [0, 0.1) is 5.82 Å². The molecule has 0 aliphatic carbocycles. The van der Waals surface area contributed by atoms with E-state index in [2.05, 4.69) is 5.32 Å². The maximum Gasteiger partial charge on any atom is 0.326 e. The normalized spacial score (nSPS) is 18.5. The molecule has 7 heteroatoms. The second-order valence-electron chi connectivity index (χ2n) is 5.21. The molecule has 1 amide bonds. The summed E-state index contributed by atoms with van der Waals surface area (Å²) in [5.41, 5.74) is 0.936. The van der Waals surface area contributed by atoms with Crippen molar-refractivity contribution in [3.8, 4) is 0 Å². The number of ether oxygens (including phenoxy) is 2. The summed E-state index contributed by atoms with van der Waals surface area (Å²) in [4.78, 5) is 25.5. The Hall–Kier alpha value is -2.15. The molecule has 2 unspecified atom stereocenters. The first-order chi connectivity index (χ1) is 10.4. The molecule has 1 N–H and O–H groups in total. The summed E-state index contributed by atoms with van der Waals surface area (Å²) in [7, 11) is 1.51. The zero-order chi connectivity index (χ0) is 16.3. The van der Waals surface area contributed by atoms with Crippen molar-refractivity contribution in [1.82, 2.24) is 0 Å². The molecule has 2 atom stereocenters. The van der Waals surface area contributed by atoms with Crippen molar-refractivity contribution in [2.45, 2.75) is 26.0 Å². The van der Waals surface area contributed by atoms with E-state index in [-0.39, 0.29) is 19.1 Å². The monoisotopic (exact) mass is 310 g/mol. The summed E-state index contributed by atoms with van der Waals surface area (Å²) in [5, 5.41) is 2.91. The number of nitrogens with one attached hydrogen (secondary N) is 1. The van der Waals surface area contributed by atoms with Crippen molar-refractivity contribution < 1.29 is 23.5 Å². The Morgan fingerprint density at radius 1 is 1.50 bits per heavy atom. The lowest BCUT2D eigenvalue weighted by Crippen LogP contribution is -2.48. The van der Waals surface area contributed by atoms with Crippen molar-refractivity contribution in [3.63, 3.8) is 0 Å². The molecule has 1 heterocycles. The molecule has 0 radical (unpaired) electrons. The lowest BCUT2D eigenvalue weighted by molar-refractivity contribution is -0.149. The van der Waals surface area contributed by atoms with Crippen LogP contribution in [0.5, 0.6) is 0 Å². The van der Waals surface area contributed by atoms with Gasteiger partial charge in [-0.3, -0.25) is 14.5 Å². The quantitative estimate of drug-likeness (QED) is 0.836. The summed E-state index contributed by atoms with van der Waals surface area (Å²) < 4.78 is 23.4. The van der Waals surface area contributed by atoms with Crippen molar-refractivity contribution in [3.05, 3.63) is 24.0 Å². The first-order valence-electron chi connectivity index (χ1n) is 6.98. The van der Waals surface area contributed by atoms with Gasteiger partial charge in [0.25, 0.3) is 0 Å². The molecule has 0 bridgehead atoms. The largest absolute Gasteiger partial charge is 0.459 e. The van der Waals surface area contributed by atoms with E-state index in [1.165, 1.54) is 30.2 Å². The van der Waals surface area contributed by atoms with Gasteiger partial charge < -0.3 is 14.8 Å². The fourth-order valence-corrected chi connectivity index (χ4v) is 2.33. The van der Waals surface area contributed by atoms with Gasteiger partial charge in [0, 0.05) is 7.11 Å². The van der Waals surface area contributed by atoms with Crippen LogP contribution < -0.4 is 10.2 Å². The van der Waals surface area contributed by atoms with E-state index >= 15 is 0 Å². The molecule has 0 aromatic heterocycles. The standard InChI is InChI=1S/C15H19FN2O4/c1-9(8-21-3)22-14(19)7-18-13-5-4-11(16)6-12(13)17-10(2)15(18)20/h4-6,9-10,17H,7-8H2,1-3H3. The van der Waals surface area contributed by atoms with Gasteiger partial charge in [0.15, 0.2) is 0 Å². The molecular formula is C15H19FN2O4. The second-order valence-corrected chi connectivity index (χ2v) is 5.21. The van der Waals surface area contributed by atoms with E-state index in [4.69, 9.17) is 9.47 Å². The van der Waals surface area contributed by atoms with Crippen molar-refractivity contribution in [1.29, 1.82) is 0 Å². The first kappa shape index (κ1) is 16.2. The van der Waals surface area contributed by atoms with Gasteiger partial charge in [-0.2, -0.15) is 0 Å². The van der Waals surface area contributed by atoms with E-state index in [1.54, 1.807) is 13.8 Å². The summed E-state index contributed by atoms with van der Waals surface area (Å²) in [6.45, 7) is 3.41. The number of methoxy groups -OCH3 is 1. The van der Waals surface area contributed by atoms with Gasteiger partial charge in [0.05, 0.1) is 18.0 Å². The number of anilines is 2. The lowest BCUT2D eigenvalue weighted by atomic mass is 10.1. The minimum atomic E-state index is -0.543. The van der Waals surface area contributed by atoms with Gasteiger partial charge in [-0.25, -0.2) is 4.39 Å². The van der Waals surface area contributed by atoms with Gasteiger partial charge in [-0.15, -0.1) is 0 Å². The van der Waals surface area contributed by atoms with E-state index in [9.17, 15) is 14.0 Å². The van der Waals surface area contributed by atoms with Crippen molar-refractivity contribution >= 4 is 23.3 Å². The highest BCUT2D eigenvalue weighted by Gasteiger charge is 2.31. The summed E-state index contributed by atoms with van der Waals surface area (Å²) >= 11 is 0. The van der Waals surface area contributed by atoms with Crippen LogP contribution in [-0.4, -0.2) is 44.3 Å². The maximum atomic E-state index is 13.3. The van der Waals surface area contributed by atoms with Gasteiger partial charge in [-0.1, -0.05) is 0 Å². The Labute approximate surface area is 128 Å². The number of nitrogens with zero attached hydrogens (tertiary/aromatic N) is 1. The zero-order valence-corrected chi connectivity index (χ0v) is 12.8. The average Bonchev–Trinajstić information content (AvgIpc) is 2.43. The lowest BCUT2D eigenvalue weighted by Gasteiger charge is -2.33. The highest BCUT2D eigenvalue weighted by atomic mass is 19.1. The van der Waals surface area contributed by atoms with Gasteiger partial charge in [0.1, 0.15) is 24.5 Å². The number of halogens is 1. The molecular weight excluding hydrogens is 291 g/mol. The van der Waals surface area contributed by atoms with Crippen LogP contribution in [0.1, 0.15) is 13.8 Å². The first-order valence-corrected chi connectivity index (χ1v) is 6.98. The number of hydrogen-bond acceptors (Lipinski definition) is 5. The number of fused-ring (bicyclic) bond motifs is 1. The molecule has 1 aliphatic rings. The molecule has 120 valence electrons. The molecule has 1 aromatic carbocycles. The number of esters is 1. The van der Waals surface area contributed by atoms with E-state index in [0.717, 1.165) is 0 Å². The molecule has 6 nitrogen and oxygen atoms in total. The van der Waals surface area contributed by atoms with Crippen molar-refractivity contribution in [2.75, 3.05) is 30.5 Å². The highest BCUT2D eigenvalue weighted by molar-refractivity contribution is 6.07. The average molecular weight is 310 g/mol. The fourth-order valence-electron chi connectivity index (χ4n) is 2.33. The molecule has 1 aliphatic heterocycles. The molecule has 0 fully saturated rings. The van der Waals surface area contributed by atoms with Crippen LogP contribution in [0.4, 0.5) is 15.8 Å². The third kappa shape index (κ3) is 3.54. The third-order valence-corrected chi connectivity index (χ3v) is 3.28. The zero-order valence-electron chi connectivity index (χ0n) is 12.8. The Bertz CT molecular complexity index is 579. The van der Waals surface area contributed by atoms with E-state index in [0.29, 0.717) is 11.4 Å². The predicted molar refractivity (Wildman–Crippen MR) is 79.3 cm³/mol. The number of benzene rings is 1. The topological polar surface area (TPSA) is 67.9 Å². The van der Waals surface area contributed by atoms with Gasteiger partial charge in [-0.05, 0) is 32.0 Å². The molecule has 22 heavy (non-hydrogen) atoms. The Balaban J connectivity index is 2.16. The van der Waals surface area contributed by atoms with Crippen LogP contribution in [0.15, 0.2) is 18.2 Å². The molecule has 0 saturated heterocycles. The summed E-state index contributed by atoms with van der Waals surface area (Å²) in [6.07, 6.45) is -0.402. The third-order valence-electron chi connectivity index (χ3n) is 3.28. The SMILES string of the molecule is COCC(C)OC(=O)CN1C(=O)C(C)Nc2cc(F)ccc21. The fraction of sp³-hybridized carbons (Fsp3) is 0.467. The summed E-state index contributed by atoms with van der Waals surface area (Å²) in [5.74, 6) is -1.22. The molecule has 0 saturated carbocycles. The number of rotatable bonds is 5. The van der Waals surface area contributed by atoms with Crippen LogP contribution in [0.3, 0.4) is 0 Å². The number of hydrogen-bond donors (Lipinski definition) is 1. The Morgan fingerprint density at radius 2 is 2.23 bits per heavy atom. The van der Waals surface area contributed by atoms with E-state index in [1.807, 2.05) is 0 Å². The summed E-state index contributed by atoms with van der Waals surface area (Å²) in [6, 6.07) is 3.46. The van der Waals surface area contributed by atoms with Crippen LogP contribution in [-0.2, 0) is 19.1 Å². The van der Waals surface area contributed by atoms with Crippen LogP contribution >= 0.6 is 0 Å². The Morgan fingerprint density at radius 3 is 2.91 bits per heavy atom. The minimum Gasteiger partial charge on any atom is -0.459 e. The van der Waals surface area contributed by atoms with Gasteiger partial charge in [0.2, 0.25) is 5.91 Å². The maximum absolute atomic E-state index is 13.3. The highest BCUT2D eigenvalue weighted by Crippen LogP contribution is 2.31. The predicted octanol–water partition coefficient (Wildman–Crippen LogP) is 1.55. The molecule has 2 rings (SSSR count). The number of carbonyl (C=O) groups excluding carboxylic acids is 2. The van der Waals surface area contributed by atoms with E-state index < -0.39 is 23.9 Å².